The van der Waals surface area contributed by atoms with Crippen LogP contribution in [0.4, 0.5) is 5.69 Å². The number of carbonyl (C=O) groups excluding carboxylic acids is 1. The van der Waals surface area contributed by atoms with Crippen LogP contribution in [-0.4, -0.2) is 19.1 Å². The molecule has 4 heteroatoms. The molecular weight excluding hydrogens is 314 g/mol. The normalized spacial score (nSPS) is 11.6. The average molecular weight is 341 g/mol. The van der Waals surface area contributed by atoms with Gasteiger partial charge in [0.25, 0.3) is 5.91 Å². The third-order valence-electron chi connectivity index (χ3n) is 4.04. The fourth-order valence-corrected chi connectivity index (χ4v) is 2.33. The van der Waals surface area contributed by atoms with Crippen LogP contribution in [0, 0.1) is 0 Å². The summed E-state index contributed by atoms with van der Waals surface area (Å²) in [5.74, 6) is 1.85. The first kappa shape index (κ1) is 18.8. The molecule has 2 aromatic rings. The van der Waals surface area contributed by atoms with E-state index in [2.05, 4.69) is 38.2 Å². The van der Waals surface area contributed by atoms with Gasteiger partial charge >= 0.3 is 0 Å². The molecule has 0 bridgehead atoms. The number of amides is 1. The van der Waals surface area contributed by atoms with Gasteiger partial charge in [0.2, 0.25) is 0 Å². The van der Waals surface area contributed by atoms with Crippen LogP contribution in [0.5, 0.6) is 11.5 Å². The average Bonchev–Trinajstić information content (AvgIpc) is 2.65. The molecule has 1 amide bonds. The maximum Gasteiger partial charge on any atom is 0.262 e. The van der Waals surface area contributed by atoms with Crippen molar-refractivity contribution < 1.29 is 14.3 Å². The van der Waals surface area contributed by atoms with Gasteiger partial charge in [-0.1, -0.05) is 32.9 Å². The molecule has 0 saturated heterocycles. The molecule has 0 heterocycles. The first-order valence-electron chi connectivity index (χ1n) is 8.87. The van der Waals surface area contributed by atoms with Gasteiger partial charge in [-0.15, -0.1) is 0 Å². The van der Waals surface area contributed by atoms with Gasteiger partial charge in [0.15, 0.2) is 6.61 Å². The zero-order valence-electron chi connectivity index (χ0n) is 15.2. The molecule has 0 saturated carbocycles. The Morgan fingerprint density at radius 3 is 2.16 bits per heavy atom. The largest absolute Gasteiger partial charge is 0.494 e. The minimum absolute atomic E-state index is 0.0171. The standard InChI is InChI=1S/C21H27NO3/c1-4-14-24-19-12-8-18(9-13-19)22-21(23)15-25-20-10-6-17(7-11-20)16(3)5-2/h6-13,16H,4-5,14-15H2,1-3H3,(H,22,23). The van der Waals surface area contributed by atoms with Gasteiger partial charge in [0.1, 0.15) is 11.5 Å². The van der Waals surface area contributed by atoms with E-state index in [-0.39, 0.29) is 12.5 Å². The third kappa shape index (κ3) is 6.14. The summed E-state index contributed by atoms with van der Waals surface area (Å²) in [6.45, 7) is 7.10. The number of benzene rings is 2. The summed E-state index contributed by atoms with van der Waals surface area (Å²) >= 11 is 0. The van der Waals surface area contributed by atoms with Crippen molar-refractivity contribution in [3.63, 3.8) is 0 Å². The molecule has 1 N–H and O–H groups in total. The second-order valence-electron chi connectivity index (χ2n) is 6.09. The summed E-state index contributed by atoms with van der Waals surface area (Å²) in [4.78, 5) is 12.0. The highest BCUT2D eigenvalue weighted by Gasteiger charge is 2.06. The molecule has 2 aromatic carbocycles. The number of nitrogens with one attached hydrogen (secondary N) is 1. The lowest BCUT2D eigenvalue weighted by Crippen LogP contribution is -2.20. The van der Waals surface area contributed by atoms with Gasteiger partial charge in [-0.25, -0.2) is 0 Å². The molecule has 0 fully saturated rings. The van der Waals surface area contributed by atoms with Crippen molar-refractivity contribution in [3.05, 3.63) is 54.1 Å². The molecule has 0 aliphatic heterocycles. The Balaban J connectivity index is 1.80. The molecule has 1 atom stereocenters. The van der Waals surface area contributed by atoms with Crippen molar-refractivity contribution >= 4 is 11.6 Å². The fraction of sp³-hybridized carbons (Fsp3) is 0.381. The van der Waals surface area contributed by atoms with Crippen LogP contribution in [0.1, 0.15) is 45.1 Å². The van der Waals surface area contributed by atoms with Crippen LogP contribution in [0.25, 0.3) is 0 Å². The number of hydrogen-bond donors (Lipinski definition) is 1. The number of carbonyl (C=O) groups is 1. The SMILES string of the molecule is CCCOc1ccc(NC(=O)COc2ccc(C(C)CC)cc2)cc1. The second-order valence-corrected chi connectivity index (χ2v) is 6.09. The number of rotatable bonds is 9. The molecule has 1 unspecified atom stereocenters. The van der Waals surface area contributed by atoms with E-state index in [0.717, 1.165) is 24.3 Å². The highest BCUT2D eigenvalue weighted by Crippen LogP contribution is 2.21. The summed E-state index contributed by atoms with van der Waals surface area (Å²) in [5, 5.41) is 2.81. The summed E-state index contributed by atoms with van der Waals surface area (Å²) in [6, 6.07) is 15.3. The lowest BCUT2D eigenvalue weighted by molar-refractivity contribution is -0.118. The molecule has 0 aliphatic carbocycles. The molecule has 4 nitrogen and oxygen atoms in total. The van der Waals surface area contributed by atoms with Crippen LogP contribution in [0.2, 0.25) is 0 Å². The maximum atomic E-state index is 12.0. The summed E-state index contributed by atoms with van der Waals surface area (Å²) in [7, 11) is 0. The Labute approximate surface area is 150 Å². The Morgan fingerprint density at radius 2 is 1.56 bits per heavy atom. The fourth-order valence-electron chi connectivity index (χ4n) is 2.33. The summed E-state index contributed by atoms with van der Waals surface area (Å²) in [5.41, 5.74) is 2.01. The first-order chi connectivity index (χ1) is 12.1. The lowest BCUT2D eigenvalue weighted by Gasteiger charge is -2.11. The van der Waals surface area contributed by atoms with Crippen molar-refractivity contribution in [3.8, 4) is 11.5 Å². The summed E-state index contributed by atoms with van der Waals surface area (Å²) in [6.07, 6.45) is 2.07. The third-order valence-corrected chi connectivity index (χ3v) is 4.04. The molecule has 0 radical (unpaired) electrons. The van der Waals surface area contributed by atoms with Crippen molar-refractivity contribution in [2.45, 2.75) is 39.5 Å². The quantitative estimate of drug-likeness (QED) is 0.698. The van der Waals surface area contributed by atoms with E-state index in [9.17, 15) is 4.79 Å². The molecule has 2 rings (SSSR count). The molecule has 25 heavy (non-hydrogen) atoms. The van der Waals surface area contributed by atoms with Gasteiger partial charge in [-0.3, -0.25) is 4.79 Å². The smallest absolute Gasteiger partial charge is 0.262 e. The van der Waals surface area contributed by atoms with E-state index in [1.165, 1.54) is 5.56 Å². The first-order valence-corrected chi connectivity index (χ1v) is 8.87. The zero-order chi connectivity index (χ0) is 18.1. The topological polar surface area (TPSA) is 47.6 Å². The van der Waals surface area contributed by atoms with E-state index in [1.54, 1.807) is 0 Å². The molecular formula is C21H27NO3. The Morgan fingerprint density at radius 1 is 0.960 bits per heavy atom. The Kier molecular flexibility index (Phi) is 7.33. The number of hydrogen-bond acceptors (Lipinski definition) is 3. The van der Waals surface area contributed by atoms with Gasteiger partial charge in [0.05, 0.1) is 6.61 Å². The van der Waals surface area contributed by atoms with Crippen LogP contribution in [0.15, 0.2) is 48.5 Å². The summed E-state index contributed by atoms with van der Waals surface area (Å²) < 4.78 is 11.1. The zero-order valence-corrected chi connectivity index (χ0v) is 15.2. The highest BCUT2D eigenvalue weighted by atomic mass is 16.5. The number of ether oxygens (including phenoxy) is 2. The van der Waals surface area contributed by atoms with Gasteiger partial charge in [-0.05, 0) is 60.7 Å². The van der Waals surface area contributed by atoms with Crippen molar-refractivity contribution in [1.29, 1.82) is 0 Å². The lowest BCUT2D eigenvalue weighted by atomic mass is 9.99. The van der Waals surface area contributed by atoms with Crippen LogP contribution >= 0.6 is 0 Å². The number of anilines is 1. The van der Waals surface area contributed by atoms with E-state index in [1.807, 2.05) is 36.4 Å². The van der Waals surface area contributed by atoms with Crippen LogP contribution in [-0.2, 0) is 4.79 Å². The van der Waals surface area contributed by atoms with Crippen molar-refractivity contribution in [2.24, 2.45) is 0 Å². The van der Waals surface area contributed by atoms with Crippen LogP contribution < -0.4 is 14.8 Å². The van der Waals surface area contributed by atoms with Gasteiger partial charge < -0.3 is 14.8 Å². The van der Waals surface area contributed by atoms with Crippen molar-refractivity contribution in [1.82, 2.24) is 0 Å². The minimum Gasteiger partial charge on any atom is -0.494 e. The van der Waals surface area contributed by atoms with E-state index in [4.69, 9.17) is 9.47 Å². The minimum atomic E-state index is -0.187. The van der Waals surface area contributed by atoms with E-state index in [0.29, 0.717) is 18.3 Å². The molecule has 0 aliphatic rings. The molecule has 0 aromatic heterocycles. The maximum absolute atomic E-state index is 12.0. The Bertz CT molecular complexity index is 650. The van der Waals surface area contributed by atoms with Gasteiger partial charge in [0, 0.05) is 5.69 Å². The molecule has 0 spiro atoms. The molecule has 134 valence electrons. The van der Waals surface area contributed by atoms with E-state index < -0.39 is 0 Å². The second kappa shape index (κ2) is 9.72. The highest BCUT2D eigenvalue weighted by molar-refractivity contribution is 5.91. The predicted molar refractivity (Wildman–Crippen MR) is 102 cm³/mol. The predicted octanol–water partition coefficient (Wildman–Crippen LogP) is 5.01. The van der Waals surface area contributed by atoms with E-state index >= 15 is 0 Å². The van der Waals surface area contributed by atoms with Gasteiger partial charge in [-0.2, -0.15) is 0 Å². The Hall–Kier alpha value is -2.49. The van der Waals surface area contributed by atoms with Crippen LogP contribution in [0.3, 0.4) is 0 Å². The van der Waals surface area contributed by atoms with Crippen molar-refractivity contribution in [2.75, 3.05) is 18.5 Å². The monoisotopic (exact) mass is 341 g/mol.